The Labute approximate surface area is 169 Å². The molecular weight excluding hydrogens is 366 g/mol. The Morgan fingerprint density at radius 2 is 1.66 bits per heavy atom. The van der Waals surface area contributed by atoms with Gasteiger partial charge in [-0.1, -0.05) is 12.1 Å². The number of carbonyl (C=O) groups is 1. The van der Waals surface area contributed by atoms with E-state index in [9.17, 15) is 4.79 Å². The second-order valence-electron chi connectivity index (χ2n) is 7.06. The molecule has 148 valence electrons. The zero-order chi connectivity index (χ0) is 20.2. The van der Waals surface area contributed by atoms with Gasteiger partial charge in [0.1, 0.15) is 17.8 Å². The fraction of sp³-hybridized carbons (Fsp3) is 0.286. The second kappa shape index (κ2) is 8.22. The molecule has 3 heterocycles. The molecule has 1 aliphatic rings. The van der Waals surface area contributed by atoms with E-state index in [0.717, 1.165) is 54.8 Å². The van der Waals surface area contributed by atoms with E-state index in [1.54, 1.807) is 18.5 Å². The lowest BCUT2D eigenvalue weighted by atomic mass is 10.1. The first-order valence-electron chi connectivity index (χ1n) is 9.58. The van der Waals surface area contributed by atoms with Gasteiger partial charge in [0.2, 0.25) is 5.95 Å². The highest BCUT2D eigenvalue weighted by Gasteiger charge is 2.21. The van der Waals surface area contributed by atoms with Crippen LogP contribution < -0.4 is 15.1 Å². The number of hydrogen-bond donors (Lipinski definition) is 1. The van der Waals surface area contributed by atoms with Crippen LogP contribution in [-0.2, 0) is 0 Å². The average Bonchev–Trinajstić information content (AvgIpc) is 2.77. The van der Waals surface area contributed by atoms with Crippen molar-refractivity contribution in [2.75, 3.05) is 41.3 Å². The van der Waals surface area contributed by atoms with Crippen molar-refractivity contribution in [1.82, 2.24) is 19.9 Å². The summed E-state index contributed by atoms with van der Waals surface area (Å²) in [7, 11) is 0. The SMILES string of the molecule is Cc1ccc(C)c(NC(=O)c2cc(N3CCN(c4ncccn4)CC3)ncn2)c1. The van der Waals surface area contributed by atoms with Crippen molar-refractivity contribution in [1.29, 1.82) is 0 Å². The Balaban J connectivity index is 1.44. The summed E-state index contributed by atoms with van der Waals surface area (Å²) in [5.74, 6) is 1.25. The molecule has 1 aromatic carbocycles. The van der Waals surface area contributed by atoms with E-state index in [-0.39, 0.29) is 5.91 Å². The molecule has 0 radical (unpaired) electrons. The quantitative estimate of drug-likeness (QED) is 0.733. The molecule has 3 aromatic rings. The van der Waals surface area contributed by atoms with Crippen molar-refractivity contribution in [2.45, 2.75) is 13.8 Å². The van der Waals surface area contributed by atoms with Gasteiger partial charge in [0.05, 0.1) is 0 Å². The van der Waals surface area contributed by atoms with E-state index < -0.39 is 0 Å². The maximum absolute atomic E-state index is 12.7. The van der Waals surface area contributed by atoms with Gasteiger partial charge >= 0.3 is 0 Å². The van der Waals surface area contributed by atoms with Gasteiger partial charge in [-0.2, -0.15) is 0 Å². The van der Waals surface area contributed by atoms with Crippen molar-refractivity contribution in [3.8, 4) is 0 Å². The minimum absolute atomic E-state index is 0.237. The molecule has 8 nitrogen and oxygen atoms in total. The molecule has 0 atom stereocenters. The van der Waals surface area contributed by atoms with Crippen LogP contribution in [0.2, 0.25) is 0 Å². The molecule has 29 heavy (non-hydrogen) atoms. The lowest BCUT2D eigenvalue weighted by molar-refractivity contribution is 0.102. The van der Waals surface area contributed by atoms with Gasteiger partial charge in [0.25, 0.3) is 5.91 Å². The predicted octanol–water partition coefficient (Wildman–Crippen LogP) is 2.46. The van der Waals surface area contributed by atoms with Crippen molar-refractivity contribution in [3.63, 3.8) is 0 Å². The number of nitrogens with zero attached hydrogens (tertiary/aromatic N) is 6. The van der Waals surface area contributed by atoms with Crippen molar-refractivity contribution in [3.05, 3.63) is 65.9 Å². The van der Waals surface area contributed by atoms with Gasteiger partial charge in [0, 0.05) is 50.3 Å². The molecular formula is C21H23N7O. The Morgan fingerprint density at radius 1 is 0.931 bits per heavy atom. The maximum atomic E-state index is 12.7. The van der Waals surface area contributed by atoms with E-state index in [4.69, 9.17) is 0 Å². The fourth-order valence-corrected chi connectivity index (χ4v) is 3.29. The summed E-state index contributed by atoms with van der Waals surface area (Å²) in [5.41, 5.74) is 3.25. The molecule has 0 spiro atoms. The summed E-state index contributed by atoms with van der Waals surface area (Å²) >= 11 is 0. The topological polar surface area (TPSA) is 87.1 Å². The molecule has 4 rings (SSSR count). The van der Waals surface area contributed by atoms with Crippen LogP contribution in [0.15, 0.2) is 49.1 Å². The van der Waals surface area contributed by atoms with E-state index in [1.807, 2.05) is 38.1 Å². The Morgan fingerprint density at radius 3 is 2.41 bits per heavy atom. The smallest absolute Gasteiger partial charge is 0.274 e. The van der Waals surface area contributed by atoms with Crippen molar-refractivity contribution < 1.29 is 4.79 Å². The number of nitrogens with one attached hydrogen (secondary N) is 1. The normalized spacial score (nSPS) is 14.0. The third-order valence-corrected chi connectivity index (χ3v) is 4.97. The minimum atomic E-state index is -0.237. The molecule has 1 fully saturated rings. The number of piperazine rings is 1. The Kier molecular flexibility index (Phi) is 5.33. The second-order valence-corrected chi connectivity index (χ2v) is 7.06. The third kappa shape index (κ3) is 4.31. The van der Waals surface area contributed by atoms with E-state index in [1.165, 1.54) is 6.33 Å². The highest BCUT2D eigenvalue weighted by molar-refractivity contribution is 6.03. The lowest BCUT2D eigenvalue weighted by Gasteiger charge is -2.35. The molecule has 0 bridgehead atoms. The van der Waals surface area contributed by atoms with Crippen LogP contribution in [0.5, 0.6) is 0 Å². The number of aryl methyl sites for hydroxylation is 2. The molecule has 0 aliphatic carbocycles. The molecule has 1 saturated heterocycles. The van der Waals surface area contributed by atoms with Gasteiger partial charge in [-0.3, -0.25) is 4.79 Å². The Hall–Kier alpha value is -3.55. The molecule has 8 heteroatoms. The first-order chi connectivity index (χ1) is 14.1. The number of benzene rings is 1. The van der Waals surface area contributed by atoms with E-state index >= 15 is 0 Å². The molecule has 2 aromatic heterocycles. The number of aromatic nitrogens is 4. The fourth-order valence-electron chi connectivity index (χ4n) is 3.29. The monoisotopic (exact) mass is 389 g/mol. The van der Waals surface area contributed by atoms with E-state index in [0.29, 0.717) is 5.69 Å². The van der Waals surface area contributed by atoms with Crippen LogP contribution in [0.25, 0.3) is 0 Å². The van der Waals surface area contributed by atoms with Crippen LogP contribution in [0.3, 0.4) is 0 Å². The van der Waals surface area contributed by atoms with Crippen LogP contribution in [0.4, 0.5) is 17.5 Å². The summed E-state index contributed by atoms with van der Waals surface area (Å²) < 4.78 is 0. The first-order valence-corrected chi connectivity index (χ1v) is 9.58. The zero-order valence-electron chi connectivity index (χ0n) is 16.5. The molecule has 1 amide bonds. The van der Waals surface area contributed by atoms with Crippen LogP contribution in [-0.4, -0.2) is 52.0 Å². The zero-order valence-corrected chi connectivity index (χ0v) is 16.5. The van der Waals surface area contributed by atoms with Crippen LogP contribution >= 0.6 is 0 Å². The number of hydrogen-bond acceptors (Lipinski definition) is 7. The Bertz CT molecular complexity index is 1000. The van der Waals surface area contributed by atoms with Gasteiger partial charge in [-0.05, 0) is 37.1 Å². The predicted molar refractivity (Wildman–Crippen MR) is 112 cm³/mol. The highest BCUT2D eigenvalue weighted by Crippen LogP contribution is 2.19. The summed E-state index contributed by atoms with van der Waals surface area (Å²) in [6, 6.07) is 9.53. The van der Waals surface area contributed by atoms with Gasteiger partial charge in [-0.25, -0.2) is 19.9 Å². The summed E-state index contributed by atoms with van der Waals surface area (Å²) in [6.07, 6.45) is 4.94. The molecule has 1 N–H and O–H groups in total. The van der Waals surface area contributed by atoms with E-state index in [2.05, 4.69) is 35.1 Å². The number of amides is 1. The summed E-state index contributed by atoms with van der Waals surface area (Å²) in [4.78, 5) is 34.1. The summed E-state index contributed by atoms with van der Waals surface area (Å²) in [6.45, 7) is 7.09. The standard InChI is InChI=1S/C21H23N7O/c1-15-4-5-16(2)17(12-15)26-20(29)18-13-19(25-14-24-18)27-8-10-28(11-9-27)21-22-6-3-7-23-21/h3-7,12-14H,8-11H2,1-2H3,(H,26,29). The van der Waals surface area contributed by atoms with Crippen LogP contribution in [0, 0.1) is 13.8 Å². The molecule has 0 saturated carbocycles. The third-order valence-electron chi connectivity index (χ3n) is 4.97. The van der Waals surface area contributed by atoms with Gasteiger partial charge < -0.3 is 15.1 Å². The average molecular weight is 389 g/mol. The molecule has 0 unspecified atom stereocenters. The maximum Gasteiger partial charge on any atom is 0.274 e. The largest absolute Gasteiger partial charge is 0.353 e. The summed E-state index contributed by atoms with van der Waals surface area (Å²) in [5, 5.41) is 2.95. The minimum Gasteiger partial charge on any atom is -0.353 e. The van der Waals surface area contributed by atoms with Gasteiger partial charge in [-0.15, -0.1) is 0 Å². The molecule has 1 aliphatic heterocycles. The van der Waals surface area contributed by atoms with Crippen molar-refractivity contribution in [2.24, 2.45) is 0 Å². The number of carbonyl (C=O) groups excluding carboxylic acids is 1. The van der Waals surface area contributed by atoms with Crippen LogP contribution in [0.1, 0.15) is 21.6 Å². The van der Waals surface area contributed by atoms with Gasteiger partial charge in [0.15, 0.2) is 0 Å². The number of anilines is 3. The first kappa shape index (κ1) is 18.8. The highest BCUT2D eigenvalue weighted by atomic mass is 16.1. The lowest BCUT2D eigenvalue weighted by Crippen LogP contribution is -2.47. The number of rotatable bonds is 4. The van der Waals surface area contributed by atoms with Crippen molar-refractivity contribution >= 4 is 23.4 Å².